The molecule has 5 aromatic rings. The fourth-order valence-corrected chi connectivity index (χ4v) is 5.20. The first-order valence-electron chi connectivity index (χ1n) is 11.8. The molecule has 0 aliphatic carbocycles. The number of hydrogen-bond donors (Lipinski definition) is 1. The van der Waals surface area contributed by atoms with E-state index >= 15 is 0 Å². The molecule has 2 heterocycles. The van der Waals surface area contributed by atoms with Crippen LogP contribution in [0.25, 0.3) is 21.7 Å². The van der Waals surface area contributed by atoms with E-state index in [-0.39, 0.29) is 24.1 Å². The zero-order valence-corrected chi connectivity index (χ0v) is 22.9. The highest BCUT2D eigenvalue weighted by Crippen LogP contribution is 2.47. The quantitative estimate of drug-likeness (QED) is 0.257. The Morgan fingerprint density at radius 1 is 1.10 bits per heavy atom. The Labute approximate surface area is 229 Å². The Hall–Kier alpha value is -4.02. The molecule has 2 aromatic heterocycles. The van der Waals surface area contributed by atoms with Crippen molar-refractivity contribution < 1.29 is 27.4 Å². The maximum absolute atomic E-state index is 13.7. The van der Waals surface area contributed by atoms with Crippen molar-refractivity contribution in [3.05, 3.63) is 89.0 Å². The molecule has 0 aliphatic heterocycles. The third-order valence-electron chi connectivity index (χ3n) is 6.50. The SMILES string of the molecule is COc1ccc(COc2c3ncccc3c(N(C)S(C)(=O)=O)c3cn(Cc4ccc(F)c(Cl)c4)c(O)c23)cc1. The molecule has 0 unspecified atom stereocenters. The van der Waals surface area contributed by atoms with E-state index in [0.29, 0.717) is 44.4 Å². The standard InChI is InChI=1S/C28H25ClFN3O5S/c1-32(39(3,35)36)26-20-5-4-12-31-25(20)27(38-16-17-6-9-19(37-2)10-7-17)24-21(26)15-33(28(24)34)14-18-8-11-23(30)22(29)13-18/h4-13,15,34H,14,16H2,1-3H3. The number of hydrogen-bond acceptors (Lipinski definition) is 6. The summed E-state index contributed by atoms with van der Waals surface area (Å²) >= 11 is 5.97. The number of ether oxygens (including phenoxy) is 2. The molecule has 0 saturated heterocycles. The van der Waals surface area contributed by atoms with Crippen molar-refractivity contribution >= 4 is 49.0 Å². The number of rotatable bonds is 8. The summed E-state index contributed by atoms with van der Waals surface area (Å²) in [5.41, 5.74) is 2.23. The van der Waals surface area contributed by atoms with Gasteiger partial charge in [0.1, 0.15) is 23.7 Å². The number of anilines is 1. The molecule has 0 fully saturated rings. The summed E-state index contributed by atoms with van der Waals surface area (Å²) in [4.78, 5) is 4.51. The van der Waals surface area contributed by atoms with Crippen LogP contribution in [0.4, 0.5) is 10.1 Å². The van der Waals surface area contributed by atoms with Gasteiger partial charge in [0.2, 0.25) is 15.9 Å². The number of sulfonamides is 1. The number of benzene rings is 3. The molecule has 39 heavy (non-hydrogen) atoms. The summed E-state index contributed by atoms with van der Waals surface area (Å²) in [7, 11) is -0.651. The number of aromatic nitrogens is 2. The van der Waals surface area contributed by atoms with Crippen molar-refractivity contribution in [3.63, 3.8) is 0 Å². The lowest BCUT2D eigenvalue weighted by Gasteiger charge is -2.21. The van der Waals surface area contributed by atoms with Crippen LogP contribution < -0.4 is 13.8 Å². The lowest BCUT2D eigenvalue weighted by atomic mass is 10.1. The van der Waals surface area contributed by atoms with Crippen LogP contribution in [0.2, 0.25) is 5.02 Å². The van der Waals surface area contributed by atoms with Gasteiger partial charge in [-0.1, -0.05) is 29.8 Å². The molecule has 1 N–H and O–H groups in total. The number of methoxy groups -OCH3 is 1. The Morgan fingerprint density at radius 2 is 1.82 bits per heavy atom. The Morgan fingerprint density at radius 3 is 2.49 bits per heavy atom. The molecule has 5 rings (SSSR count). The fraction of sp³-hybridized carbons (Fsp3) is 0.179. The maximum Gasteiger partial charge on any atom is 0.232 e. The second kappa shape index (κ2) is 10.3. The highest BCUT2D eigenvalue weighted by molar-refractivity contribution is 7.92. The van der Waals surface area contributed by atoms with E-state index in [1.165, 1.54) is 23.7 Å². The predicted octanol–water partition coefficient (Wildman–Crippen LogP) is 5.72. The van der Waals surface area contributed by atoms with Gasteiger partial charge in [0.15, 0.2) is 5.75 Å². The lowest BCUT2D eigenvalue weighted by Crippen LogP contribution is -2.25. The molecule has 8 nitrogen and oxygen atoms in total. The van der Waals surface area contributed by atoms with Crippen LogP contribution in [0.1, 0.15) is 11.1 Å². The van der Waals surface area contributed by atoms with E-state index < -0.39 is 15.8 Å². The summed E-state index contributed by atoms with van der Waals surface area (Å²) in [6.45, 7) is 0.300. The Bertz CT molecular complexity index is 1810. The number of fused-ring (bicyclic) bond motifs is 2. The van der Waals surface area contributed by atoms with Gasteiger partial charge in [0, 0.05) is 30.2 Å². The summed E-state index contributed by atoms with van der Waals surface area (Å²) in [5, 5.41) is 12.7. The van der Waals surface area contributed by atoms with Crippen LogP contribution in [0.3, 0.4) is 0 Å². The number of nitrogens with zero attached hydrogens (tertiary/aromatic N) is 3. The van der Waals surface area contributed by atoms with Crippen LogP contribution in [-0.4, -0.2) is 43.5 Å². The first-order valence-corrected chi connectivity index (χ1v) is 14.1. The van der Waals surface area contributed by atoms with Crippen LogP contribution >= 0.6 is 11.6 Å². The molecular formula is C28H25ClFN3O5S. The average molecular weight is 570 g/mol. The van der Waals surface area contributed by atoms with E-state index in [4.69, 9.17) is 21.1 Å². The van der Waals surface area contributed by atoms with Crippen LogP contribution in [0, 0.1) is 5.82 Å². The molecule has 0 radical (unpaired) electrons. The number of aromatic hydroxyl groups is 1. The molecule has 0 aliphatic rings. The normalized spacial score (nSPS) is 11.7. The molecule has 0 bridgehead atoms. The van der Waals surface area contributed by atoms with Gasteiger partial charge < -0.3 is 19.1 Å². The molecule has 3 aromatic carbocycles. The van der Waals surface area contributed by atoms with Gasteiger partial charge in [-0.3, -0.25) is 9.29 Å². The minimum atomic E-state index is -3.68. The molecule has 11 heteroatoms. The van der Waals surface area contributed by atoms with Crippen molar-refractivity contribution in [1.82, 2.24) is 9.55 Å². The van der Waals surface area contributed by atoms with E-state index in [1.54, 1.807) is 37.7 Å². The van der Waals surface area contributed by atoms with E-state index in [0.717, 1.165) is 16.1 Å². The first kappa shape index (κ1) is 26.6. The van der Waals surface area contributed by atoms with E-state index in [2.05, 4.69) is 4.98 Å². The minimum Gasteiger partial charge on any atom is -0.497 e. The minimum absolute atomic E-state index is 0.0420. The van der Waals surface area contributed by atoms with Crippen LogP contribution in [0.5, 0.6) is 17.4 Å². The monoisotopic (exact) mass is 569 g/mol. The molecule has 0 atom stereocenters. The number of halogens is 2. The number of pyridine rings is 1. The second-order valence-electron chi connectivity index (χ2n) is 9.06. The summed E-state index contributed by atoms with van der Waals surface area (Å²) in [6, 6.07) is 15.1. The fourth-order valence-electron chi connectivity index (χ4n) is 4.47. The Balaban J connectivity index is 1.72. The summed E-state index contributed by atoms with van der Waals surface area (Å²) in [6.07, 6.45) is 4.32. The molecule has 0 saturated carbocycles. The van der Waals surface area contributed by atoms with Gasteiger partial charge in [-0.15, -0.1) is 0 Å². The largest absolute Gasteiger partial charge is 0.497 e. The maximum atomic E-state index is 13.7. The van der Waals surface area contributed by atoms with Crippen molar-refractivity contribution in [3.8, 4) is 17.4 Å². The Kier molecular flexibility index (Phi) is 7.00. The lowest BCUT2D eigenvalue weighted by molar-refractivity contribution is 0.311. The third kappa shape index (κ3) is 5.05. The van der Waals surface area contributed by atoms with Crippen molar-refractivity contribution in [2.24, 2.45) is 0 Å². The van der Waals surface area contributed by atoms with Crippen molar-refractivity contribution in [1.29, 1.82) is 0 Å². The van der Waals surface area contributed by atoms with Crippen molar-refractivity contribution in [2.45, 2.75) is 13.2 Å². The van der Waals surface area contributed by atoms with Gasteiger partial charge in [-0.05, 0) is 47.5 Å². The van der Waals surface area contributed by atoms with Gasteiger partial charge in [-0.25, -0.2) is 12.8 Å². The van der Waals surface area contributed by atoms with Gasteiger partial charge in [0.25, 0.3) is 0 Å². The van der Waals surface area contributed by atoms with Crippen LogP contribution in [-0.2, 0) is 23.2 Å². The molecule has 0 amide bonds. The first-order chi connectivity index (χ1) is 18.6. The highest BCUT2D eigenvalue weighted by atomic mass is 35.5. The van der Waals surface area contributed by atoms with Gasteiger partial charge >= 0.3 is 0 Å². The predicted molar refractivity (Wildman–Crippen MR) is 150 cm³/mol. The topological polar surface area (TPSA) is 93.9 Å². The third-order valence-corrected chi connectivity index (χ3v) is 7.97. The molecular weight excluding hydrogens is 545 g/mol. The molecule has 202 valence electrons. The smallest absolute Gasteiger partial charge is 0.232 e. The van der Waals surface area contributed by atoms with E-state index in [1.807, 2.05) is 24.3 Å². The zero-order valence-electron chi connectivity index (χ0n) is 21.4. The highest BCUT2D eigenvalue weighted by Gasteiger charge is 2.27. The van der Waals surface area contributed by atoms with Crippen molar-refractivity contribution in [2.75, 3.05) is 24.7 Å². The zero-order chi connectivity index (χ0) is 27.9. The summed E-state index contributed by atoms with van der Waals surface area (Å²) < 4.78 is 53.3. The summed E-state index contributed by atoms with van der Waals surface area (Å²) in [5.74, 6) is 0.296. The average Bonchev–Trinajstić information content (AvgIpc) is 3.23. The van der Waals surface area contributed by atoms with Gasteiger partial charge in [0.05, 0.1) is 36.0 Å². The molecule has 0 spiro atoms. The van der Waals surface area contributed by atoms with Gasteiger partial charge in [-0.2, -0.15) is 0 Å². The van der Waals surface area contributed by atoms with E-state index in [9.17, 15) is 17.9 Å². The van der Waals surface area contributed by atoms with Crippen LogP contribution in [0.15, 0.2) is 67.0 Å². The second-order valence-corrected chi connectivity index (χ2v) is 11.5.